The number of aryl methyl sites for hydroxylation is 1. The Morgan fingerprint density at radius 2 is 2.00 bits per heavy atom. The lowest BCUT2D eigenvalue weighted by molar-refractivity contribution is -0.0440. The number of rotatable bonds is 8. The van der Waals surface area contributed by atoms with Crippen LogP contribution in [0.5, 0.6) is 0 Å². The first kappa shape index (κ1) is 26.6. The Morgan fingerprint density at radius 1 is 1.34 bits per heavy atom. The lowest BCUT2D eigenvalue weighted by Gasteiger charge is -2.34. The van der Waals surface area contributed by atoms with Gasteiger partial charge in [0.2, 0.25) is 10.0 Å². The zero-order valence-electron chi connectivity index (χ0n) is 18.0. The molecule has 0 radical (unpaired) electrons. The highest BCUT2D eigenvalue weighted by molar-refractivity contribution is 14.0. The van der Waals surface area contributed by atoms with Crippen LogP contribution in [0.25, 0.3) is 0 Å². The van der Waals surface area contributed by atoms with Crippen LogP contribution in [0.4, 0.5) is 0 Å². The largest absolute Gasteiger partial charge is 0.373 e. The Labute approximate surface area is 196 Å². The van der Waals surface area contributed by atoms with Gasteiger partial charge in [-0.25, -0.2) is 8.42 Å². The van der Waals surface area contributed by atoms with Gasteiger partial charge >= 0.3 is 0 Å². The molecule has 1 saturated heterocycles. The summed E-state index contributed by atoms with van der Waals surface area (Å²) in [5.41, 5.74) is 0. The molecular weight excluding hydrogens is 523 g/mol. The van der Waals surface area contributed by atoms with Crippen molar-refractivity contribution < 1.29 is 13.2 Å². The van der Waals surface area contributed by atoms with Crippen LogP contribution in [0, 0.1) is 6.92 Å². The van der Waals surface area contributed by atoms with Gasteiger partial charge < -0.3 is 15.4 Å². The summed E-state index contributed by atoms with van der Waals surface area (Å²) >= 11 is 1.80. The van der Waals surface area contributed by atoms with E-state index >= 15 is 0 Å². The highest BCUT2D eigenvalue weighted by Gasteiger charge is 2.30. The minimum atomic E-state index is -3.34. The smallest absolute Gasteiger partial charge is 0.216 e. The molecule has 2 N–H and O–H groups in total. The molecule has 1 aliphatic rings. The number of aliphatic imine (C=N–C) groups is 1. The summed E-state index contributed by atoms with van der Waals surface area (Å²) in [5.74, 6) is 0.656. The van der Waals surface area contributed by atoms with Gasteiger partial charge in [0.25, 0.3) is 0 Å². The van der Waals surface area contributed by atoms with E-state index in [1.807, 2.05) is 20.8 Å². The molecule has 0 saturated carbocycles. The van der Waals surface area contributed by atoms with Gasteiger partial charge in [-0.15, -0.1) is 35.3 Å². The van der Waals surface area contributed by atoms with Crippen molar-refractivity contribution >= 4 is 51.3 Å². The predicted molar refractivity (Wildman–Crippen MR) is 132 cm³/mol. The second-order valence-corrected chi connectivity index (χ2v) is 10.9. The summed E-state index contributed by atoms with van der Waals surface area (Å²) in [5, 5.41) is 6.57. The standard InChI is InChI=1S/C19H34N4O3S2.HI/c1-6-20-19(22-14(2)11-18-8-7-17(5)27-18)21-9-10-28(24,25)23-12-15(3)26-16(4)13-23;/h7-8,14-16H,6,9-13H2,1-5H3,(H2,20,21,22);1H. The van der Waals surface area contributed by atoms with E-state index in [2.05, 4.69) is 41.6 Å². The highest BCUT2D eigenvalue weighted by atomic mass is 127. The average molecular weight is 559 g/mol. The molecule has 3 atom stereocenters. The number of guanidine groups is 1. The zero-order chi connectivity index (χ0) is 20.7. The molecule has 2 heterocycles. The Balaban J connectivity index is 0.00000420. The molecule has 1 aromatic heterocycles. The van der Waals surface area contributed by atoms with Crippen LogP contribution in [-0.2, 0) is 21.2 Å². The van der Waals surface area contributed by atoms with Crippen molar-refractivity contribution in [3.05, 3.63) is 21.9 Å². The van der Waals surface area contributed by atoms with Crippen LogP contribution >= 0.6 is 35.3 Å². The Morgan fingerprint density at radius 3 is 2.55 bits per heavy atom. The van der Waals surface area contributed by atoms with Crippen molar-refractivity contribution in [2.24, 2.45) is 4.99 Å². The summed E-state index contributed by atoms with van der Waals surface area (Å²) in [6.07, 6.45) is 0.746. The third kappa shape index (κ3) is 9.07. The molecule has 0 aromatic carbocycles. The summed E-state index contributed by atoms with van der Waals surface area (Å²) in [6.45, 7) is 11.8. The van der Waals surface area contributed by atoms with Crippen LogP contribution in [0.2, 0.25) is 0 Å². The molecule has 0 spiro atoms. The molecule has 29 heavy (non-hydrogen) atoms. The van der Waals surface area contributed by atoms with Gasteiger partial charge in [0.1, 0.15) is 0 Å². The Kier molecular flexibility index (Phi) is 11.4. The Hall–Kier alpha value is -0.430. The monoisotopic (exact) mass is 558 g/mol. The van der Waals surface area contributed by atoms with Gasteiger partial charge in [0.05, 0.1) is 24.5 Å². The molecule has 1 fully saturated rings. The number of sulfonamides is 1. The quantitative estimate of drug-likeness (QED) is 0.291. The summed E-state index contributed by atoms with van der Waals surface area (Å²) in [7, 11) is -3.34. The van der Waals surface area contributed by atoms with E-state index in [0.717, 1.165) is 13.0 Å². The van der Waals surface area contributed by atoms with Gasteiger partial charge in [0, 0.05) is 41.9 Å². The molecular formula is C19H35IN4O3S2. The normalized spacial score (nSPS) is 22.0. The van der Waals surface area contributed by atoms with E-state index in [1.54, 1.807) is 11.3 Å². The molecule has 7 nitrogen and oxygen atoms in total. The number of nitrogens with one attached hydrogen (secondary N) is 2. The molecule has 2 rings (SSSR count). The van der Waals surface area contributed by atoms with E-state index < -0.39 is 10.0 Å². The van der Waals surface area contributed by atoms with Crippen LogP contribution in [0.15, 0.2) is 17.1 Å². The van der Waals surface area contributed by atoms with E-state index in [9.17, 15) is 8.42 Å². The maximum absolute atomic E-state index is 12.6. The minimum absolute atomic E-state index is 0. The van der Waals surface area contributed by atoms with E-state index in [4.69, 9.17) is 4.74 Å². The topological polar surface area (TPSA) is 83.0 Å². The zero-order valence-corrected chi connectivity index (χ0v) is 21.9. The van der Waals surface area contributed by atoms with Crippen LogP contribution in [0.1, 0.15) is 37.4 Å². The maximum Gasteiger partial charge on any atom is 0.216 e. The predicted octanol–water partition coefficient (Wildman–Crippen LogP) is 2.60. The van der Waals surface area contributed by atoms with Gasteiger partial charge in [-0.2, -0.15) is 4.31 Å². The van der Waals surface area contributed by atoms with Gasteiger partial charge in [-0.3, -0.25) is 4.99 Å². The number of hydrogen-bond acceptors (Lipinski definition) is 5. The number of nitrogens with zero attached hydrogens (tertiary/aromatic N) is 2. The lowest BCUT2D eigenvalue weighted by atomic mass is 10.2. The number of thiophene rings is 1. The molecule has 3 unspecified atom stereocenters. The van der Waals surface area contributed by atoms with Gasteiger partial charge in [-0.1, -0.05) is 0 Å². The summed E-state index contributed by atoms with van der Waals surface area (Å²) in [6, 6.07) is 4.48. The minimum Gasteiger partial charge on any atom is -0.373 e. The van der Waals surface area contributed by atoms with E-state index in [1.165, 1.54) is 14.1 Å². The van der Waals surface area contributed by atoms with Gasteiger partial charge in [-0.05, 0) is 46.8 Å². The van der Waals surface area contributed by atoms with Crippen molar-refractivity contribution in [2.45, 2.75) is 59.3 Å². The molecule has 1 aliphatic heterocycles. The third-order valence-corrected chi connectivity index (χ3v) is 7.24. The molecule has 0 aliphatic carbocycles. The Bertz CT molecular complexity index is 744. The molecule has 0 bridgehead atoms. The van der Waals surface area contributed by atoms with Crippen LogP contribution < -0.4 is 10.6 Å². The third-order valence-electron chi connectivity index (χ3n) is 4.43. The lowest BCUT2D eigenvalue weighted by Crippen LogP contribution is -2.49. The van der Waals surface area contributed by atoms with Crippen LogP contribution in [0.3, 0.4) is 0 Å². The van der Waals surface area contributed by atoms with Crippen LogP contribution in [-0.4, -0.2) is 68.9 Å². The van der Waals surface area contributed by atoms with E-state index in [0.29, 0.717) is 19.0 Å². The second-order valence-electron chi connectivity index (χ2n) is 7.41. The molecule has 0 amide bonds. The van der Waals surface area contributed by atoms with E-state index in [-0.39, 0.29) is 54.5 Å². The van der Waals surface area contributed by atoms with Crippen molar-refractivity contribution in [2.75, 3.05) is 31.9 Å². The van der Waals surface area contributed by atoms with Crippen molar-refractivity contribution in [3.63, 3.8) is 0 Å². The SMILES string of the molecule is CCNC(=NCCS(=O)(=O)N1CC(C)OC(C)C1)NC(C)Cc1ccc(C)s1.I. The fourth-order valence-corrected chi connectivity index (χ4v) is 5.73. The first-order valence-corrected chi connectivity index (χ1v) is 12.4. The molecule has 10 heteroatoms. The van der Waals surface area contributed by atoms with Crippen molar-refractivity contribution in [1.29, 1.82) is 0 Å². The van der Waals surface area contributed by atoms with Crippen molar-refractivity contribution in [3.8, 4) is 0 Å². The summed E-state index contributed by atoms with van der Waals surface area (Å²) < 4.78 is 32.4. The highest BCUT2D eigenvalue weighted by Crippen LogP contribution is 2.17. The number of hydrogen-bond donors (Lipinski definition) is 2. The fourth-order valence-electron chi connectivity index (χ4n) is 3.26. The molecule has 168 valence electrons. The fraction of sp³-hybridized carbons (Fsp3) is 0.737. The first-order valence-electron chi connectivity index (χ1n) is 9.93. The van der Waals surface area contributed by atoms with Gasteiger partial charge in [0.15, 0.2) is 5.96 Å². The van der Waals surface area contributed by atoms with Crippen molar-refractivity contribution in [1.82, 2.24) is 14.9 Å². The number of ether oxygens (including phenoxy) is 1. The summed E-state index contributed by atoms with van der Waals surface area (Å²) in [4.78, 5) is 7.11. The second kappa shape index (κ2) is 12.4. The number of halogens is 1. The molecule has 1 aromatic rings. The maximum atomic E-state index is 12.6. The first-order chi connectivity index (χ1) is 13.2. The average Bonchev–Trinajstić information content (AvgIpc) is 2.98. The number of morpholine rings is 1.